The highest BCUT2D eigenvalue weighted by Gasteiger charge is 2.19. The molecule has 27 heavy (non-hydrogen) atoms. The molecule has 0 fully saturated rings. The van der Waals surface area contributed by atoms with E-state index in [1.54, 1.807) is 29.0 Å². The van der Waals surface area contributed by atoms with Crippen LogP contribution >= 0.6 is 11.3 Å². The number of nitrogens with one attached hydrogen (secondary N) is 1. The second kappa shape index (κ2) is 6.96. The van der Waals surface area contributed by atoms with Crippen LogP contribution in [0.15, 0.2) is 47.1 Å². The van der Waals surface area contributed by atoms with Crippen LogP contribution in [-0.2, 0) is 6.54 Å². The Hall–Kier alpha value is -3.00. The Balaban J connectivity index is 1.66. The van der Waals surface area contributed by atoms with Crippen LogP contribution in [0.2, 0.25) is 0 Å². The number of halogens is 1. The van der Waals surface area contributed by atoms with Gasteiger partial charge in [0.05, 0.1) is 11.8 Å². The van der Waals surface area contributed by atoms with Crippen LogP contribution in [0.3, 0.4) is 0 Å². The molecule has 1 N–H and O–H groups in total. The standard InChI is InChI=1S/C19H17FN4O2S/c1-11(2)18-22-23-19(27-18)21-17(25)15-9-16-14(6-7-26-16)24(15)10-12-4-3-5-13(20)8-12/h3-9,11H,10H2,1-2H3,(H,21,23,25). The van der Waals surface area contributed by atoms with Gasteiger partial charge in [-0.1, -0.05) is 37.3 Å². The quantitative estimate of drug-likeness (QED) is 0.544. The molecule has 0 saturated heterocycles. The van der Waals surface area contributed by atoms with E-state index < -0.39 is 0 Å². The number of nitrogens with zero attached hydrogens (tertiary/aromatic N) is 3. The summed E-state index contributed by atoms with van der Waals surface area (Å²) in [5, 5.41) is 12.2. The summed E-state index contributed by atoms with van der Waals surface area (Å²) in [5.74, 6) is -0.388. The first kappa shape index (κ1) is 17.4. The lowest BCUT2D eigenvalue weighted by atomic mass is 10.2. The molecular formula is C19H17FN4O2S. The number of carbonyl (C=O) groups excluding carboxylic acids is 1. The zero-order chi connectivity index (χ0) is 19.0. The van der Waals surface area contributed by atoms with Crippen LogP contribution in [0.1, 0.15) is 40.8 Å². The van der Waals surface area contributed by atoms with Crippen molar-refractivity contribution in [1.29, 1.82) is 0 Å². The number of benzene rings is 1. The smallest absolute Gasteiger partial charge is 0.274 e. The second-order valence-corrected chi connectivity index (χ2v) is 7.48. The molecule has 0 spiro atoms. The largest absolute Gasteiger partial charge is 0.463 e. The normalized spacial score (nSPS) is 11.4. The average Bonchev–Trinajstić information content (AvgIpc) is 3.32. The molecule has 4 aromatic rings. The first-order valence-electron chi connectivity index (χ1n) is 8.47. The van der Waals surface area contributed by atoms with Crippen molar-refractivity contribution in [2.24, 2.45) is 0 Å². The Bertz CT molecular complexity index is 1110. The number of carbonyl (C=O) groups is 1. The molecule has 0 aliphatic rings. The molecule has 8 heteroatoms. The van der Waals surface area contributed by atoms with E-state index >= 15 is 0 Å². The maximum Gasteiger partial charge on any atom is 0.274 e. The van der Waals surface area contributed by atoms with Gasteiger partial charge >= 0.3 is 0 Å². The zero-order valence-electron chi connectivity index (χ0n) is 14.8. The maximum absolute atomic E-state index is 13.5. The molecule has 0 aliphatic heterocycles. The van der Waals surface area contributed by atoms with E-state index in [9.17, 15) is 9.18 Å². The third-order valence-electron chi connectivity index (χ3n) is 4.14. The minimum atomic E-state index is -0.316. The van der Waals surface area contributed by atoms with Crippen molar-refractivity contribution in [2.45, 2.75) is 26.3 Å². The molecule has 0 saturated carbocycles. The molecule has 0 aliphatic carbocycles. The Labute approximate surface area is 158 Å². The topological polar surface area (TPSA) is 73.0 Å². The number of fused-ring (bicyclic) bond motifs is 1. The number of hydrogen-bond acceptors (Lipinski definition) is 5. The number of furan rings is 1. The molecular weight excluding hydrogens is 367 g/mol. The summed E-state index contributed by atoms with van der Waals surface area (Å²) in [6, 6.07) is 9.77. The minimum Gasteiger partial charge on any atom is -0.463 e. The van der Waals surface area contributed by atoms with Gasteiger partial charge < -0.3 is 8.98 Å². The Morgan fingerprint density at radius 3 is 2.89 bits per heavy atom. The Morgan fingerprint density at radius 2 is 2.15 bits per heavy atom. The second-order valence-electron chi connectivity index (χ2n) is 6.47. The van der Waals surface area contributed by atoms with Gasteiger partial charge in [0.1, 0.15) is 16.5 Å². The summed E-state index contributed by atoms with van der Waals surface area (Å²) in [6.07, 6.45) is 1.56. The van der Waals surface area contributed by atoms with E-state index in [1.165, 1.54) is 23.5 Å². The van der Waals surface area contributed by atoms with Crippen molar-refractivity contribution in [2.75, 3.05) is 5.32 Å². The van der Waals surface area contributed by atoms with E-state index in [4.69, 9.17) is 4.42 Å². The molecule has 1 aromatic carbocycles. The predicted molar refractivity (Wildman–Crippen MR) is 102 cm³/mol. The number of rotatable bonds is 5. The lowest BCUT2D eigenvalue weighted by Crippen LogP contribution is -2.17. The van der Waals surface area contributed by atoms with Crippen molar-refractivity contribution < 1.29 is 13.6 Å². The van der Waals surface area contributed by atoms with Gasteiger partial charge in [-0.2, -0.15) is 0 Å². The summed E-state index contributed by atoms with van der Waals surface area (Å²) in [5.41, 5.74) is 2.52. The van der Waals surface area contributed by atoms with Crippen LogP contribution in [0.4, 0.5) is 9.52 Å². The number of hydrogen-bond donors (Lipinski definition) is 1. The summed E-state index contributed by atoms with van der Waals surface area (Å²) >= 11 is 1.35. The highest BCUT2D eigenvalue weighted by molar-refractivity contribution is 7.15. The van der Waals surface area contributed by atoms with E-state index in [0.29, 0.717) is 23.0 Å². The van der Waals surface area contributed by atoms with Crippen LogP contribution in [-0.4, -0.2) is 20.7 Å². The fraction of sp³-hybridized carbons (Fsp3) is 0.211. The third kappa shape index (κ3) is 3.48. The molecule has 4 rings (SSSR count). The predicted octanol–water partition coefficient (Wildman–Crippen LogP) is 4.65. The van der Waals surface area contributed by atoms with Gasteiger partial charge in [-0.3, -0.25) is 10.1 Å². The SMILES string of the molecule is CC(C)c1nnc(NC(=O)c2cc3occc3n2Cc2cccc(F)c2)s1. The van der Waals surface area contributed by atoms with Crippen molar-refractivity contribution in [1.82, 2.24) is 14.8 Å². The van der Waals surface area contributed by atoms with Gasteiger partial charge in [0.15, 0.2) is 5.58 Å². The summed E-state index contributed by atoms with van der Waals surface area (Å²) in [7, 11) is 0. The Kier molecular flexibility index (Phi) is 4.49. The highest BCUT2D eigenvalue weighted by Crippen LogP contribution is 2.26. The van der Waals surface area contributed by atoms with Gasteiger partial charge in [-0.25, -0.2) is 4.39 Å². The number of amides is 1. The summed E-state index contributed by atoms with van der Waals surface area (Å²) < 4.78 is 20.8. The minimum absolute atomic E-state index is 0.243. The van der Waals surface area contributed by atoms with Crippen LogP contribution in [0.5, 0.6) is 0 Å². The van der Waals surface area contributed by atoms with Crippen molar-refractivity contribution in [3.8, 4) is 0 Å². The molecule has 0 radical (unpaired) electrons. The fourth-order valence-electron chi connectivity index (χ4n) is 2.83. The molecule has 3 aromatic heterocycles. The number of aromatic nitrogens is 3. The maximum atomic E-state index is 13.5. The molecule has 3 heterocycles. The monoisotopic (exact) mass is 384 g/mol. The van der Waals surface area contributed by atoms with Crippen LogP contribution < -0.4 is 5.32 Å². The lowest BCUT2D eigenvalue weighted by Gasteiger charge is -2.10. The van der Waals surface area contributed by atoms with Crippen molar-refractivity contribution >= 4 is 33.5 Å². The number of anilines is 1. The summed E-state index contributed by atoms with van der Waals surface area (Å²) in [6.45, 7) is 4.38. The van der Waals surface area contributed by atoms with Crippen LogP contribution in [0.25, 0.3) is 11.1 Å². The van der Waals surface area contributed by atoms with Gasteiger partial charge in [-0.15, -0.1) is 10.2 Å². The average molecular weight is 384 g/mol. The molecule has 6 nitrogen and oxygen atoms in total. The van der Waals surface area contributed by atoms with Gasteiger partial charge in [0.2, 0.25) is 5.13 Å². The summed E-state index contributed by atoms with van der Waals surface area (Å²) in [4.78, 5) is 12.8. The van der Waals surface area contributed by atoms with Gasteiger partial charge in [-0.05, 0) is 17.7 Å². The highest BCUT2D eigenvalue weighted by atomic mass is 32.1. The zero-order valence-corrected chi connectivity index (χ0v) is 15.6. The molecule has 138 valence electrons. The van der Waals surface area contributed by atoms with E-state index in [1.807, 2.05) is 19.9 Å². The Morgan fingerprint density at radius 1 is 1.30 bits per heavy atom. The van der Waals surface area contributed by atoms with Gasteiger partial charge in [0.25, 0.3) is 5.91 Å². The van der Waals surface area contributed by atoms with E-state index in [0.717, 1.165) is 16.1 Å². The molecule has 1 amide bonds. The third-order valence-corrected chi connectivity index (χ3v) is 5.28. The lowest BCUT2D eigenvalue weighted by molar-refractivity contribution is 0.101. The van der Waals surface area contributed by atoms with Gasteiger partial charge in [0, 0.05) is 24.6 Å². The van der Waals surface area contributed by atoms with Crippen molar-refractivity contribution in [3.63, 3.8) is 0 Å². The fourth-order valence-corrected chi connectivity index (χ4v) is 3.57. The van der Waals surface area contributed by atoms with E-state index in [-0.39, 0.29) is 17.6 Å². The first-order chi connectivity index (χ1) is 13.0. The molecule has 0 atom stereocenters. The van der Waals surface area contributed by atoms with Crippen LogP contribution in [0, 0.1) is 5.82 Å². The van der Waals surface area contributed by atoms with E-state index in [2.05, 4.69) is 15.5 Å². The molecule has 0 bridgehead atoms. The van der Waals surface area contributed by atoms with Crippen molar-refractivity contribution in [3.05, 3.63) is 64.7 Å². The first-order valence-corrected chi connectivity index (χ1v) is 9.29. The molecule has 0 unspecified atom stereocenters.